The molecule has 1 aromatic carbocycles. The van der Waals surface area contributed by atoms with E-state index < -0.39 is 101 Å². The summed E-state index contributed by atoms with van der Waals surface area (Å²) in [6.45, 7) is 0.556. The molecule has 1 saturated heterocycles. The van der Waals surface area contributed by atoms with E-state index in [2.05, 4.69) is 15.4 Å². The molecule has 4 rings (SSSR count). The zero-order chi connectivity index (χ0) is 30.7. The predicted octanol–water partition coefficient (Wildman–Crippen LogP) is 3.43. The third-order valence-corrected chi connectivity index (χ3v) is 6.93. The zero-order valence-electron chi connectivity index (χ0n) is 21.2. The Balaban J connectivity index is 1.67. The largest absolute Gasteiger partial charge is 0.426 e. The number of rotatable bonds is 5. The number of nitrogen functional groups attached to an aromatic ring is 1. The van der Waals surface area contributed by atoms with E-state index in [0.717, 1.165) is 19.3 Å². The van der Waals surface area contributed by atoms with Crippen LogP contribution < -0.4 is 11.1 Å². The fourth-order valence-corrected chi connectivity index (χ4v) is 4.67. The Morgan fingerprint density at radius 2 is 1.83 bits per heavy atom. The van der Waals surface area contributed by atoms with Crippen molar-refractivity contribution < 1.29 is 49.8 Å². The molecule has 0 bridgehead atoms. The fourth-order valence-electron chi connectivity index (χ4n) is 4.67. The molecule has 1 fully saturated rings. The van der Waals surface area contributed by atoms with Crippen LogP contribution in [0.5, 0.6) is 0 Å². The van der Waals surface area contributed by atoms with Crippen LogP contribution in [0.4, 0.5) is 40.9 Å². The zero-order valence-corrected chi connectivity index (χ0v) is 21.2. The van der Waals surface area contributed by atoms with Gasteiger partial charge in [-0.25, -0.2) is 18.3 Å². The first-order valence-electron chi connectivity index (χ1n) is 11.9. The van der Waals surface area contributed by atoms with Gasteiger partial charge in [-0.2, -0.15) is 31.4 Å². The van der Waals surface area contributed by atoms with Gasteiger partial charge in [0.2, 0.25) is 5.60 Å². The van der Waals surface area contributed by atoms with Gasteiger partial charge in [0.25, 0.3) is 11.8 Å². The number of fused-ring (bicyclic) bond motifs is 1. The molecular formula is C24H22F8N6O3. The molecule has 3 heterocycles. The highest BCUT2D eigenvalue weighted by atomic mass is 19.4. The minimum Gasteiger partial charge on any atom is -0.382 e. The Bertz CT molecular complexity index is 1520. The summed E-state index contributed by atoms with van der Waals surface area (Å²) in [4.78, 5) is 29.4. The summed E-state index contributed by atoms with van der Waals surface area (Å²) in [6, 6.07) is 1.30. The van der Waals surface area contributed by atoms with Gasteiger partial charge < -0.3 is 21.1 Å². The number of benzene rings is 1. The number of alkyl halides is 7. The van der Waals surface area contributed by atoms with Crippen molar-refractivity contribution in [3.8, 4) is 11.3 Å². The number of likely N-dealkylation sites (tertiary alicyclic amines) is 1. The van der Waals surface area contributed by atoms with Gasteiger partial charge in [0.05, 0.1) is 29.4 Å². The van der Waals surface area contributed by atoms with Gasteiger partial charge in [0.1, 0.15) is 23.8 Å². The summed E-state index contributed by atoms with van der Waals surface area (Å²) >= 11 is 0. The number of hydrogen-bond donors (Lipinski definition) is 3. The average molecular weight is 594 g/mol. The smallest absolute Gasteiger partial charge is 0.382 e. The second-order valence-corrected chi connectivity index (χ2v) is 9.48. The van der Waals surface area contributed by atoms with Crippen LogP contribution in [0.25, 0.3) is 16.8 Å². The summed E-state index contributed by atoms with van der Waals surface area (Å²) in [5, 5.41) is 15.8. The second kappa shape index (κ2) is 10.1. The van der Waals surface area contributed by atoms with E-state index in [9.17, 15) is 45.4 Å². The standard InChI is InChI=1S/C24H22F8N6O3/c1-3-22(41,24(30,31)32)21(40)37-7-13(25)14(8-37)36-20(39)16-10(2)4-5-11(17(16)26)15-6-12(23(27,28)29)18-19(33)34-9-35-38(15)18/h4-6,9,13-14,41H,3,7-8H2,1-2H3,(H,36,39)(H2,33,34,35)/t13-,14+,22?/m0/s1. The third kappa shape index (κ3) is 5.02. The van der Waals surface area contributed by atoms with Crippen molar-refractivity contribution in [1.29, 1.82) is 0 Å². The average Bonchev–Trinajstić information content (AvgIpc) is 3.44. The van der Waals surface area contributed by atoms with E-state index in [-0.39, 0.29) is 5.56 Å². The lowest BCUT2D eigenvalue weighted by molar-refractivity contribution is -0.256. The Morgan fingerprint density at radius 3 is 2.41 bits per heavy atom. The maximum Gasteiger partial charge on any atom is 0.426 e. The number of aryl methyl sites for hydroxylation is 1. The van der Waals surface area contributed by atoms with Crippen LogP contribution in [-0.2, 0) is 11.0 Å². The van der Waals surface area contributed by atoms with Crippen LogP contribution in [0.1, 0.15) is 34.8 Å². The number of anilines is 1. The molecule has 0 radical (unpaired) electrons. The maximum atomic E-state index is 15.8. The van der Waals surface area contributed by atoms with E-state index >= 15 is 4.39 Å². The van der Waals surface area contributed by atoms with Gasteiger partial charge in [-0.3, -0.25) is 9.59 Å². The first-order valence-corrected chi connectivity index (χ1v) is 11.9. The number of carbonyl (C=O) groups excluding carboxylic acids is 2. The number of aliphatic hydroxyl groups is 1. The molecule has 1 aliphatic rings. The lowest BCUT2D eigenvalue weighted by Gasteiger charge is -2.31. The second-order valence-electron chi connectivity index (χ2n) is 9.48. The number of carbonyl (C=O) groups is 2. The number of nitrogens with zero attached hydrogens (tertiary/aromatic N) is 4. The molecule has 4 N–H and O–H groups in total. The third-order valence-electron chi connectivity index (χ3n) is 6.93. The number of nitrogens with one attached hydrogen (secondary N) is 1. The Morgan fingerprint density at radius 1 is 1.17 bits per heavy atom. The van der Waals surface area contributed by atoms with Gasteiger partial charge in [-0.1, -0.05) is 13.0 Å². The van der Waals surface area contributed by atoms with Gasteiger partial charge in [-0.15, -0.1) is 0 Å². The van der Waals surface area contributed by atoms with Crippen LogP contribution in [0.2, 0.25) is 0 Å². The van der Waals surface area contributed by atoms with Gasteiger partial charge >= 0.3 is 12.4 Å². The van der Waals surface area contributed by atoms with Crippen LogP contribution >= 0.6 is 0 Å². The number of hydrogen-bond acceptors (Lipinski definition) is 6. The molecule has 2 aromatic heterocycles. The molecule has 2 amide bonds. The number of aromatic nitrogens is 3. The Hall–Kier alpha value is -4.02. The molecule has 3 atom stereocenters. The quantitative estimate of drug-likeness (QED) is 0.389. The molecular weight excluding hydrogens is 572 g/mol. The molecule has 222 valence electrons. The van der Waals surface area contributed by atoms with Crippen molar-refractivity contribution in [3.63, 3.8) is 0 Å². The van der Waals surface area contributed by atoms with Crippen molar-refractivity contribution in [2.75, 3.05) is 18.8 Å². The van der Waals surface area contributed by atoms with E-state index in [1.165, 1.54) is 13.0 Å². The first kappa shape index (κ1) is 30.0. The minimum atomic E-state index is -5.35. The number of halogens is 8. The SMILES string of the molecule is CCC(O)(C(=O)N1C[C@H](F)[C@H](NC(=O)c2c(C)ccc(-c3cc(C(F)(F)F)c4c(N)ncnn34)c2F)C1)C(F)(F)F. The monoisotopic (exact) mass is 594 g/mol. The minimum absolute atomic E-state index is 0.00596. The molecule has 1 aliphatic heterocycles. The van der Waals surface area contributed by atoms with Crippen molar-refractivity contribution in [2.24, 2.45) is 0 Å². The molecule has 3 aromatic rings. The summed E-state index contributed by atoms with van der Waals surface area (Å²) in [7, 11) is 0. The van der Waals surface area contributed by atoms with Crippen molar-refractivity contribution >= 4 is 23.1 Å². The normalized spacial score (nSPS) is 19.4. The molecule has 17 heteroatoms. The van der Waals surface area contributed by atoms with Crippen LogP contribution in [0.3, 0.4) is 0 Å². The van der Waals surface area contributed by atoms with Gasteiger partial charge in [0, 0.05) is 12.1 Å². The highest BCUT2D eigenvalue weighted by molar-refractivity contribution is 5.98. The molecule has 0 aliphatic carbocycles. The van der Waals surface area contributed by atoms with E-state index in [4.69, 9.17) is 5.73 Å². The summed E-state index contributed by atoms with van der Waals surface area (Å²) < 4.78 is 112. The van der Waals surface area contributed by atoms with Crippen LogP contribution in [-0.4, -0.2) is 73.5 Å². The highest BCUT2D eigenvalue weighted by Gasteiger charge is 2.60. The Labute approximate surface area is 225 Å². The Kier molecular flexibility index (Phi) is 7.39. The first-order chi connectivity index (χ1) is 18.9. The molecule has 0 spiro atoms. The molecule has 1 unspecified atom stereocenters. The number of nitrogens with two attached hydrogens (primary N) is 1. The van der Waals surface area contributed by atoms with Crippen molar-refractivity contribution in [1.82, 2.24) is 24.8 Å². The summed E-state index contributed by atoms with van der Waals surface area (Å²) in [6.07, 6.45) is -12.6. The van der Waals surface area contributed by atoms with Gasteiger partial charge in [-0.05, 0) is 31.0 Å². The molecule has 0 saturated carbocycles. The fraction of sp³-hybridized carbons (Fsp3) is 0.417. The molecule has 9 nitrogen and oxygen atoms in total. The van der Waals surface area contributed by atoms with Gasteiger partial charge in [0.15, 0.2) is 5.82 Å². The molecule has 41 heavy (non-hydrogen) atoms. The lowest BCUT2D eigenvalue weighted by Crippen LogP contribution is -2.57. The van der Waals surface area contributed by atoms with Crippen molar-refractivity contribution in [3.05, 3.63) is 47.0 Å². The van der Waals surface area contributed by atoms with E-state index in [1.54, 1.807) is 0 Å². The lowest BCUT2D eigenvalue weighted by atomic mass is 9.98. The van der Waals surface area contributed by atoms with E-state index in [1.807, 2.05) is 0 Å². The topological polar surface area (TPSA) is 126 Å². The van der Waals surface area contributed by atoms with Crippen LogP contribution in [0, 0.1) is 12.7 Å². The van der Waals surface area contributed by atoms with E-state index in [0.29, 0.717) is 15.5 Å². The van der Waals surface area contributed by atoms with Crippen molar-refractivity contribution in [2.45, 2.75) is 50.4 Å². The predicted molar refractivity (Wildman–Crippen MR) is 127 cm³/mol. The summed E-state index contributed by atoms with van der Waals surface area (Å²) in [5.41, 5.74) is -1.70. The number of amides is 2. The summed E-state index contributed by atoms with van der Waals surface area (Å²) in [5.74, 6) is -4.89. The highest BCUT2D eigenvalue weighted by Crippen LogP contribution is 2.40. The maximum absolute atomic E-state index is 15.8. The van der Waals surface area contributed by atoms with Crippen LogP contribution in [0.15, 0.2) is 24.5 Å².